The number of benzene rings is 3. The first kappa shape index (κ1) is 20.3. The Kier molecular flexibility index (Phi) is 5.29. The molecule has 1 aliphatic heterocycles. The van der Waals surface area contributed by atoms with Crippen LogP contribution < -0.4 is 15.0 Å². The molecule has 0 aromatic heterocycles. The summed E-state index contributed by atoms with van der Waals surface area (Å²) in [5, 5.41) is 2.98. The maximum Gasteiger partial charge on any atom is 0.282 e. The molecule has 0 aliphatic carbocycles. The highest BCUT2D eigenvalue weighted by atomic mass is 19.1. The number of ether oxygens (including phenoxy) is 1. The van der Waals surface area contributed by atoms with Crippen LogP contribution in [-0.2, 0) is 9.59 Å². The molecule has 2 amide bonds. The van der Waals surface area contributed by atoms with Crippen molar-refractivity contribution in [2.45, 2.75) is 13.8 Å². The highest BCUT2D eigenvalue weighted by Gasteiger charge is 2.40. The van der Waals surface area contributed by atoms with Gasteiger partial charge in [-0.05, 0) is 55.3 Å². The molecule has 1 heterocycles. The first-order valence-electron chi connectivity index (χ1n) is 9.76. The number of halogens is 1. The molecule has 3 aromatic carbocycles. The minimum Gasteiger partial charge on any atom is -0.497 e. The van der Waals surface area contributed by atoms with Crippen molar-refractivity contribution >= 4 is 28.8 Å². The number of nitrogens with zero attached hydrogens (tertiary/aromatic N) is 1. The number of aryl methyl sites for hydroxylation is 2. The Morgan fingerprint density at radius 3 is 2.39 bits per heavy atom. The van der Waals surface area contributed by atoms with E-state index in [0.717, 1.165) is 16.0 Å². The van der Waals surface area contributed by atoms with E-state index in [-0.39, 0.29) is 11.3 Å². The smallest absolute Gasteiger partial charge is 0.282 e. The van der Waals surface area contributed by atoms with E-state index >= 15 is 0 Å². The minimum absolute atomic E-state index is 0.102. The normalized spacial score (nSPS) is 13.7. The van der Waals surface area contributed by atoms with E-state index in [0.29, 0.717) is 22.7 Å². The van der Waals surface area contributed by atoms with Gasteiger partial charge in [-0.3, -0.25) is 9.59 Å². The van der Waals surface area contributed by atoms with Gasteiger partial charge in [0, 0.05) is 11.8 Å². The number of anilines is 2. The first-order valence-corrected chi connectivity index (χ1v) is 9.76. The topological polar surface area (TPSA) is 58.6 Å². The summed E-state index contributed by atoms with van der Waals surface area (Å²) in [5.41, 5.74) is 3.68. The molecule has 0 saturated heterocycles. The van der Waals surface area contributed by atoms with E-state index in [1.54, 1.807) is 30.3 Å². The number of rotatable bonds is 5. The highest BCUT2D eigenvalue weighted by Crippen LogP contribution is 2.36. The molecule has 1 aliphatic rings. The van der Waals surface area contributed by atoms with Crippen molar-refractivity contribution in [3.8, 4) is 5.75 Å². The predicted octanol–water partition coefficient (Wildman–Crippen LogP) is 4.85. The third kappa shape index (κ3) is 3.80. The average Bonchev–Trinajstić information content (AvgIpc) is 2.98. The molecular weight excluding hydrogens is 395 g/mol. The zero-order chi connectivity index (χ0) is 22.1. The van der Waals surface area contributed by atoms with Crippen LogP contribution in [0.25, 0.3) is 5.57 Å². The van der Waals surface area contributed by atoms with Gasteiger partial charge in [-0.15, -0.1) is 0 Å². The Morgan fingerprint density at radius 2 is 1.68 bits per heavy atom. The molecule has 3 aromatic rings. The maximum absolute atomic E-state index is 13.7. The molecule has 0 unspecified atom stereocenters. The Hall–Kier alpha value is -3.93. The van der Waals surface area contributed by atoms with Gasteiger partial charge in [0.05, 0.1) is 18.4 Å². The first-order chi connectivity index (χ1) is 14.9. The molecule has 1 N–H and O–H groups in total. The third-order valence-corrected chi connectivity index (χ3v) is 5.14. The van der Waals surface area contributed by atoms with E-state index in [9.17, 15) is 14.0 Å². The number of carbonyl (C=O) groups excluding carboxylic acids is 2. The van der Waals surface area contributed by atoms with Crippen LogP contribution in [0.3, 0.4) is 0 Å². The summed E-state index contributed by atoms with van der Waals surface area (Å²) in [6, 6.07) is 18.2. The molecule has 31 heavy (non-hydrogen) atoms. The summed E-state index contributed by atoms with van der Waals surface area (Å²) in [6.07, 6.45) is 0. The fourth-order valence-electron chi connectivity index (χ4n) is 3.68. The molecule has 156 valence electrons. The number of hydrogen-bond acceptors (Lipinski definition) is 4. The third-order valence-electron chi connectivity index (χ3n) is 5.14. The van der Waals surface area contributed by atoms with Crippen LogP contribution in [-0.4, -0.2) is 18.9 Å². The zero-order valence-corrected chi connectivity index (χ0v) is 17.4. The highest BCUT2D eigenvalue weighted by molar-refractivity contribution is 6.46. The number of imide groups is 1. The molecule has 0 atom stereocenters. The van der Waals surface area contributed by atoms with E-state index < -0.39 is 17.6 Å². The van der Waals surface area contributed by atoms with Gasteiger partial charge in [0.15, 0.2) is 0 Å². The zero-order valence-electron chi connectivity index (χ0n) is 17.4. The summed E-state index contributed by atoms with van der Waals surface area (Å²) in [7, 11) is 1.52. The maximum atomic E-state index is 13.7. The Balaban J connectivity index is 1.86. The number of amides is 2. The summed E-state index contributed by atoms with van der Waals surface area (Å²) in [5.74, 6) is -0.889. The summed E-state index contributed by atoms with van der Waals surface area (Å²) in [4.78, 5) is 28.0. The largest absolute Gasteiger partial charge is 0.497 e. The van der Waals surface area contributed by atoms with E-state index in [1.165, 1.54) is 25.3 Å². The Labute approximate surface area is 179 Å². The van der Waals surface area contributed by atoms with Crippen LogP contribution in [0.5, 0.6) is 5.75 Å². The van der Waals surface area contributed by atoms with Crippen molar-refractivity contribution in [2.75, 3.05) is 17.3 Å². The second-order valence-electron chi connectivity index (χ2n) is 7.35. The van der Waals surface area contributed by atoms with Gasteiger partial charge in [0.25, 0.3) is 11.8 Å². The number of hydrogen-bond donors (Lipinski definition) is 1. The lowest BCUT2D eigenvalue weighted by Gasteiger charge is -2.16. The van der Waals surface area contributed by atoms with Gasteiger partial charge >= 0.3 is 0 Å². The lowest BCUT2D eigenvalue weighted by atomic mass is 9.97. The molecule has 6 heteroatoms. The second-order valence-corrected chi connectivity index (χ2v) is 7.35. The SMILES string of the molecule is COc1cccc(N2C(=O)C(Nc3cccc(F)c3)=C(c3ccc(C)cc3C)C2=O)c1. The van der Waals surface area contributed by atoms with E-state index in [1.807, 2.05) is 32.0 Å². The predicted molar refractivity (Wildman–Crippen MR) is 118 cm³/mol. The fourth-order valence-corrected chi connectivity index (χ4v) is 3.68. The van der Waals surface area contributed by atoms with Crippen molar-refractivity contribution in [3.05, 3.63) is 94.9 Å². The summed E-state index contributed by atoms with van der Waals surface area (Å²) >= 11 is 0. The van der Waals surface area contributed by atoms with Crippen LogP contribution in [0, 0.1) is 19.7 Å². The molecule has 0 radical (unpaired) electrons. The van der Waals surface area contributed by atoms with Gasteiger partial charge in [0.2, 0.25) is 0 Å². The number of nitrogens with one attached hydrogen (secondary N) is 1. The second kappa shape index (κ2) is 8.07. The van der Waals surface area contributed by atoms with Gasteiger partial charge in [-0.1, -0.05) is 35.9 Å². The van der Waals surface area contributed by atoms with Gasteiger partial charge in [-0.25, -0.2) is 9.29 Å². The monoisotopic (exact) mass is 416 g/mol. The molecule has 0 bridgehead atoms. The van der Waals surface area contributed by atoms with Gasteiger partial charge in [0.1, 0.15) is 17.3 Å². The van der Waals surface area contributed by atoms with Crippen LogP contribution >= 0.6 is 0 Å². The van der Waals surface area contributed by atoms with E-state index in [4.69, 9.17) is 4.74 Å². The summed E-state index contributed by atoms with van der Waals surface area (Å²) < 4.78 is 19.0. The van der Waals surface area contributed by atoms with Crippen molar-refractivity contribution in [1.82, 2.24) is 0 Å². The van der Waals surface area contributed by atoms with E-state index in [2.05, 4.69) is 5.32 Å². The van der Waals surface area contributed by atoms with Crippen molar-refractivity contribution in [3.63, 3.8) is 0 Å². The van der Waals surface area contributed by atoms with Crippen molar-refractivity contribution in [1.29, 1.82) is 0 Å². The van der Waals surface area contributed by atoms with Gasteiger partial charge in [-0.2, -0.15) is 0 Å². The number of methoxy groups -OCH3 is 1. The van der Waals surface area contributed by atoms with Crippen LogP contribution in [0.15, 0.2) is 72.4 Å². The Morgan fingerprint density at radius 1 is 0.903 bits per heavy atom. The van der Waals surface area contributed by atoms with Gasteiger partial charge < -0.3 is 10.1 Å². The lowest BCUT2D eigenvalue weighted by Crippen LogP contribution is -2.32. The van der Waals surface area contributed by atoms with Crippen LogP contribution in [0.2, 0.25) is 0 Å². The van der Waals surface area contributed by atoms with Crippen molar-refractivity contribution < 1.29 is 18.7 Å². The minimum atomic E-state index is -0.516. The molecule has 0 fully saturated rings. The quantitative estimate of drug-likeness (QED) is 0.604. The van der Waals surface area contributed by atoms with Crippen LogP contribution in [0.1, 0.15) is 16.7 Å². The molecule has 4 rings (SSSR count). The Bertz CT molecular complexity index is 1230. The molecule has 0 spiro atoms. The number of carbonyl (C=O) groups is 2. The molecule has 0 saturated carbocycles. The lowest BCUT2D eigenvalue weighted by molar-refractivity contribution is -0.120. The molecular formula is C25H21FN2O3. The molecule has 5 nitrogen and oxygen atoms in total. The van der Waals surface area contributed by atoms with Crippen LogP contribution in [0.4, 0.5) is 15.8 Å². The average molecular weight is 416 g/mol. The fraction of sp³-hybridized carbons (Fsp3) is 0.120. The standard InChI is InChI=1S/C25H21FN2O3/c1-15-10-11-21(16(2)12-15)22-23(27-18-7-4-6-17(26)13-18)25(30)28(24(22)29)19-8-5-9-20(14-19)31-3/h4-14,27H,1-3H3. The van der Waals surface area contributed by atoms with Crippen molar-refractivity contribution in [2.24, 2.45) is 0 Å². The summed E-state index contributed by atoms with van der Waals surface area (Å²) in [6.45, 7) is 3.85.